The molecule has 0 amide bonds. The van der Waals surface area contributed by atoms with E-state index in [9.17, 15) is 9.59 Å². The van der Waals surface area contributed by atoms with Crippen molar-refractivity contribution in [2.75, 3.05) is 7.11 Å². The quantitative estimate of drug-likeness (QED) is 0.671. The van der Waals surface area contributed by atoms with Gasteiger partial charge in [-0.3, -0.25) is 9.36 Å². The van der Waals surface area contributed by atoms with Crippen molar-refractivity contribution in [3.63, 3.8) is 0 Å². The lowest BCUT2D eigenvalue weighted by Gasteiger charge is -2.14. The molecule has 3 rings (SSSR count). The molecule has 8 nitrogen and oxygen atoms in total. The summed E-state index contributed by atoms with van der Waals surface area (Å²) in [6, 6.07) is 5.10. The zero-order valence-corrected chi connectivity index (χ0v) is 14.6. The molecule has 0 saturated carbocycles. The van der Waals surface area contributed by atoms with E-state index >= 15 is 0 Å². The second-order valence-corrected chi connectivity index (χ2v) is 5.85. The molecule has 8 heteroatoms. The summed E-state index contributed by atoms with van der Waals surface area (Å²) < 4.78 is 7.52. The topological polar surface area (TPSA) is 91.9 Å². The largest absolute Gasteiger partial charge is 0.467 e. The van der Waals surface area contributed by atoms with E-state index in [2.05, 4.69) is 15.3 Å². The number of methoxy groups -OCH3 is 1. The summed E-state index contributed by atoms with van der Waals surface area (Å²) in [6.07, 6.45) is 1.75. The van der Waals surface area contributed by atoms with Crippen molar-refractivity contribution >= 4 is 17.1 Å². The molecule has 2 heterocycles. The van der Waals surface area contributed by atoms with Crippen molar-refractivity contribution in [1.29, 1.82) is 0 Å². The van der Waals surface area contributed by atoms with Crippen LogP contribution in [0.2, 0.25) is 0 Å². The molecule has 3 aromatic rings. The van der Waals surface area contributed by atoms with Crippen LogP contribution >= 0.6 is 0 Å². The zero-order valence-electron chi connectivity index (χ0n) is 14.6. The Morgan fingerprint density at radius 3 is 2.68 bits per heavy atom. The van der Waals surface area contributed by atoms with Gasteiger partial charge in [0.05, 0.1) is 12.8 Å². The Morgan fingerprint density at radius 1 is 1.28 bits per heavy atom. The lowest BCUT2D eigenvalue weighted by Crippen LogP contribution is -2.30. The molecule has 0 aliphatic rings. The fraction of sp³-hybridized carbons (Fsp3) is 0.353. The summed E-state index contributed by atoms with van der Waals surface area (Å²) in [5, 5.41) is 8.04. The lowest BCUT2D eigenvalue weighted by atomic mass is 10.1. The maximum absolute atomic E-state index is 12.7. The Balaban J connectivity index is 2.15. The maximum Gasteiger partial charge on any atom is 0.329 e. The molecule has 0 fully saturated rings. The Labute approximate surface area is 144 Å². The number of carbonyl (C=O) groups excluding carboxylic acids is 1. The van der Waals surface area contributed by atoms with E-state index in [0.29, 0.717) is 12.1 Å². The Bertz CT molecular complexity index is 1010. The molecule has 0 unspecified atom stereocenters. The first-order valence-electron chi connectivity index (χ1n) is 7.96. The van der Waals surface area contributed by atoms with Crippen molar-refractivity contribution in [3.8, 4) is 5.69 Å². The van der Waals surface area contributed by atoms with Gasteiger partial charge in [0.1, 0.15) is 12.4 Å². The smallest absolute Gasteiger partial charge is 0.329 e. The van der Waals surface area contributed by atoms with Crippen LogP contribution in [0.25, 0.3) is 16.9 Å². The minimum atomic E-state index is -0.735. The third-order valence-corrected chi connectivity index (χ3v) is 4.32. The van der Waals surface area contributed by atoms with E-state index < -0.39 is 17.6 Å². The summed E-state index contributed by atoms with van der Waals surface area (Å²) in [5.41, 5.74) is 3.08. The van der Waals surface area contributed by atoms with Crippen molar-refractivity contribution in [3.05, 3.63) is 46.0 Å². The summed E-state index contributed by atoms with van der Waals surface area (Å²) in [6.45, 7) is 5.82. The number of benzene rings is 1. The predicted octanol–water partition coefficient (Wildman–Crippen LogP) is 1.72. The van der Waals surface area contributed by atoms with Crippen LogP contribution in [-0.2, 0) is 9.53 Å². The van der Waals surface area contributed by atoms with Gasteiger partial charge in [-0.05, 0) is 43.5 Å². The molecule has 0 spiro atoms. The van der Waals surface area contributed by atoms with E-state index in [-0.39, 0.29) is 5.52 Å². The Morgan fingerprint density at radius 2 is 2.04 bits per heavy atom. The molecule has 25 heavy (non-hydrogen) atoms. The number of fused-ring (bicyclic) bond motifs is 1. The van der Waals surface area contributed by atoms with Crippen LogP contribution < -0.4 is 5.56 Å². The number of hydrogen-bond acceptors (Lipinski definition) is 6. The van der Waals surface area contributed by atoms with Gasteiger partial charge in [-0.2, -0.15) is 4.68 Å². The molecule has 130 valence electrons. The molecule has 1 atom stereocenters. The van der Waals surface area contributed by atoms with Gasteiger partial charge in [-0.1, -0.05) is 18.2 Å². The van der Waals surface area contributed by atoms with Crippen LogP contribution in [0.15, 0.2) is 29.3 Å². The van der Waals surface area contributed by atoms with Crippen LogP contribution in [0.1, 0.15) is 30.5 Å². The summed E-state index contributed by atoms with van der Waals surface area (Å²) >= 11 is 0. The van der Waals surface area contributed by atoms with Crippen LogP contribution in [-0.4, -0.2) is 37.6 Å². The summed E-state index contributed by atoms with van der Waals surface area (Å²) in [5.74, 6) is -0.493. The minimum absolute atomic E-state index is 0.114. The molecule has 0 aliphatic carbocycles. The maximum atomic E-state index is 12.7. The fourth-order valence-electron chi connectivity index (χ4n) is 2.69. The number of carbonyl (C=O) groups is 1. The van der Waals surface area contributed by atoms with Crippen molar-refractivity contribution in [2.45, 2.75) is 33.2 Å². The number of ether oxygens (including phenoxy) is 1. The molecular formula is C17H19N5O3. The van der Waals surface area contributed by atoms with Gasteiger partial charge < -0.3 is 4.74 Å². The molecule has 0 radical (unpaired) electrons. The third-order valence-electron chi connectivity index (χ3n) is 4.32. The highest BCUT2D eigenvalue weighted by Crippen LogP contribution is 2.17. The highest BCUT2D eigenvalue weighted by Gasteiger charge is 2.23. The van der Waals surface area contributed by atoms with Crippen molar-refractivity contribution in [2.24, 2.45) is 0 Å². The minimum Gasteiger partial charge on any atom is -0.467 e. The second-order valence-electron chi connectivity index (χ2n) is 5.85. The van der Waals surface area contributed by atoms with Gasteiger partial charge in [0, 0.05) is 0 Å². The standard InChI is InChI=1S/C17H19N5O3/c1-5-13(17(24)25-4)21-9-18-15-14(16(21)23)19-20-22(15)12-7-6-10(2)11(3)8-12/h6-9,13H,5H2,1-4H3/t13-/m1/s1. The van der Waals surface area contributed by atoms with Crippen LogP contribution in [0, 0.1) is 13.8 Å². The first-order valence-corrected chi connectivity index (χ1v) is 7.96. The SMILES string of the molecule is CC[C@H](C(=O)OC)n1cnc2c(nnn2-c2ccc(C)c(C)c2)c1=O. The molecular weight excluding hydrogens is 322 g/mol. The van der Waals surface area contributed by atoms with Gasteiger partial charge >= 0.3 is 5.97 Å². The molecule has 0 aliphatic heterocycles. The van der Waals surface area contributed by atoms with Crippen LogP contribution in [0.3, 0.4) is 0 Å². The van der Waals surface area contributed by atoms with Gasteiger partial charge in [-0.25, -0.2) is 9.78 Å². The normalized spacial score (nSPS) is 12.3. The molecule has 0 bridgehead atoms. The van der Waals surface area contributed by atoms with Gasteiger partial charge in [0.25, 0.3) is 5.56 Å². The van der Waals surface area contributed by atoms with E-state index in [1.165, 1.54) is 22.7 Å². The number of aryl methyl sites for hydroxylation is 2. The predicted molar refractivity (Wildman–Crippen MR) is 91.7 cm³/mol. The van der Waals surface area contributed by atoms with Gasteiger partial charge in [0.15, 0.2) is 11.2 Å². The van der Waals surface area contributed by atoms with Crippen LogP contribution in [0.5, 0.6) is 0 Å². The monoisotopic (exact) mass is 341 g/mol. The van der Waals surface area contributed by atoms with E-state index in [1.54, 1.807) is 6.92 Å². The lowest BCUT2D eigenvalue weighted by molar-refractivity contribution is -0.144. The van der Waals surface area contributed by atoms with E-state index in [4.69, 9.17) is 4.74 Å². The number of rotatable bonds is 4. The third kappa shape index (κ3) is 2.79. The van der Waals surface area contributed by atoms with Crippen molar-refractivity contribution in [1.82, 2.24) is 24.5 Å². The van der Waals surface area contributed by atoms with Crippen molar-refractivity contribution < 1.29 is 9.53 Å². The van der Waals surface area contributed by atoms with Gasteiger partial charge in [0.2, 0.25) is 0 Å². The molecule has 2 aromatic heterocycles. The summed E-state index contributed by atoms with van der Waals surface area (Å²) in [4.78, 5) is 28.9. The Kier molecular flexibility index (Phi) is 4.35. The van der Waals surface area contributed by atoms with E-state index in [1.807, 2.05) is 32.0 Å². The highest BCUT2D eigenvalue weighted by atomic mass is 16.5. The number of aromatic nitrogens is 5. The Hall–Kier alpha value is -3.03. The van der Waals surface area contributed by atoms with E-state index in [0.717, 1.165) is 16.8 Å². The zero-order chi connectivity index (χ0) is 18.1. The highest BCUT2D eigenvalue weighted by molar-refractivity contribution is 5.75. The van der Waals surface area contributed by atoms with Crippen LogP contribution in [0.4, 0.5) is 0 Å². The number of esters is 1. The molecule has 0 saturated heterocycles. The number of hydrogen-bond donors (Lipinski definition) is 0. The molecule has 1 aromatic carbocycles. The average Bonchev–Trinajstić information content (AvgIpc) is 3.04. The van der Waals surface area contributed by atoms with Gasteiger partial charge in [-0.15, -0.1) is 5.10 Å². The summed E-state index contributed by atoms with van der Waals surface area (Å²) in [7, 11) is 1.29. The fourth-order valence-corrected chi connectivity index (χ4v) is 2.69. The second kappa shape index (κ2) is 6.46. The molecule has 0 N–H and O–H groups in total. The first kappa shape index (κ1) is 16.8. The average molecular weight is 341 g/mol. The number of nitrogens with zero attached hydrogens (tertiary/aromatic N) is 5. The first-order chi connectivity index (χ1) is 12.0.